The van der Waals surface area contributed by atoms with Gasteiger partial charge in [0.1, 0.15) is 0 Å². The standard InChI is InChI=1S/C10H19NO4.C2H6/c1-4-6-8(13)11-9(7(3)12)10(14)15-5-2;1-2/h7,9,12H,4-6H2,1-3H3,(H,11,13);1-2H3. The van der Waals surface area contributed by atoms with E-state index < -0.39 is 18.1 Å². The lowest BCUT2D eigenvalue weighted by molar-refractivity contribution is -0.150. The Bertz CT molecular complexity index is 217. The van der Waals surface area contributed by atoms with Gasteiger partial charge < -0.3 is 15.2 Å². The van der Waals surface area contributed by atoms with Crippen LogP contribution in [0.15, 0.2) is 0 Å². The fourth-order valence-electron chi connectivity index (χ4n) is 1.08. The largest absolute Gasteiger partial charge is 0.464 e. The minimum Gasteiger partial charge on any atom is -0.464 e. The molecule has 102 valence electrons. The number of hydrogen-bond acceptors (Lipinski definition) is 4. The van der Waals surface area contributed by atoms with Gasteiger partial charge in [0.25, 0.3) is 0 Å². The predicted molar refractivity (Wildman–Crippen MR) is 66.5 cm³/mol. The molecule has 0 aromatic rings. The molecule has 0 aliphatic heterocycles. The van der Waals surface area contributed by atoms with Crippen LogP contribution in [0.5, 0.6) is 0 Å². The van der Waals surface area contributed by atoms with Crippen LogP contribution in [0.4, 0.5) is 0 Å². The molecule has 5 nitrogen and oxygen atoms in total. The lowest BCUT2D eigenvalue weighted by Crippen LogP contribution is -2.48. The Morgan fingerprint density at radius 1 is 1.29 bits per heavy atom. The van der Waals surface area contributed by atoms with Crippen molar-refractivity contribution in [3.63, 3.8) is 0 Å². The number of amides is 1. The summed E-state index contributed by atoms with van der Waals surface area (Å²) >= 11 is 0. The second-order valence-corrected chi connectivity index (χ2v) is 3.29. The van der Waals surface area contributed by atoms with Crippen LogP contribution in [-0.2, 0) is 14.3 Å². The van der Waals surface area contributed by atoms with Crippen LogP contribution < -0.4 is 5.32 Å². The monoisotopic (exact) mass is 247 g/mol. The van der Waals surface area contributed by atoms with E-state index in [0.717, 1.165) is 0 Å². The molecule has 0 saturated carbocycles. The van der Waals surface area contributed by atoms with Gasteiger partial charge in [0.2, 0.25) is 5.91 Å². The molecule has 0 heterocycles. The van der Waals surface area contributed by atoms with Gasteiger partial charge in [0, 0.05) is 6.42 Å². The minimum atomic E-state index is -0.969. The molecular weight excluding hydrogens is 222 g/mol. The maximum Gasteiger partial charge on any atom is 0.331 e. The fourth-order valence-corrected chi connectivity index (χ4v) is 1.08. The Labute approximate surface area is 104 Å². The van der Waals surface area contributed by atoms with Crippen molar-refractivity contribution in [1.82, 2.24) is 5.32 Å². The van der Waals surface area contributed by atoms with Crippen molar-refractivity contribution >= 4 is 11.9 Å². The number of carbonyl (C=O) groups is 2. The quantitative estimate of drug-likeness (QED) is 0.692. The number of ether oxygens (including phenoxy) is 1. The van der Waals surface area contributed by atoms with Crippen molar-refractivity contribution in [1.29, 1.82) is 0 Å². The van der Waals surface area contributed by atoms with Crippen molar-refractivity contribution in [3.8, 4) is 0 Å². The van der Waals surface area contributed by atoms with Gasteiger partial charge in [-0.1, -0.05) is 20.8 Å². The Morgan fingerprint density at radius 3 is 2.18 bits per heavy atom. The molecule has 2 unspecified atom stereocenters. The van der Waals surface area contributed by atoms with Crippen LogP contribution in [0.1, 0.15) is 47.5 Å². The van der Waals surface area contributed by atoms with E-state index in [1.807, 2.05) is 20.8 Å². The molecule has 0 saturated heterocycles. The van der Waals surface area contributed by atoms with E-state index in [-0.39, 0.29) is 12.5 Å². The van der Waals surface area contributed by atoms with E-state index in [9.17, 15) is 14.7 Å². The number of esters is 1. The number of aliphatic hydroxyl groups excluding tert-OH is 1. The molecule has 5 heteroatoms. The SMILES string of the molecule is CC.CCCC(=O)NC(C(=O)OCC)C(C)O. The third-order valence-electron chi connectivity index (χ3n) is 1.82. The Kier molecular flexibility index (Phi) is 12.2. The molecule has 0 aromatic carbocycles. The third kappa shape index (κ3) is 8.68. The zero-order valence-corrected chi connectivity index (χ0v) is 11.4. The zero-order chi connectivity index (χ0) is 13.8. The first-order valence-corrected chi connectivity index (χ1v) is 6.17. The summed E-state index contributed by atoms with van der Waals surface area (Å²) in [5.74, 6) is -0.853. The van der Waals surface area contributed by atoms with Gasteiger partial charge in [-0.3, -0.25) is 4.79 Å². The topological polar surface area (TPSA) is 75.6 Å². The van der Waals surface area contributed by atoms with E-state index in [1.165, 1.54) is 6.92 Å². The maximum atomic E-state index is 11.3. The van der Waals surface area contributed by atoms with Gasteiger partial charge >= 0.3 is 5.97 Å². The molecule has 0 radical (unpaired) electrons. The molecule has 17 heavy (non-hydrogen) atoms. The summed E-state index contributed by atoms with van der Waals surface area (Å²) in [5, 5.41) is 11.7. The first-order valence-electron chi connectivity index (χ1n) is 6.17. The van der Waals surface area contributed by atoms with Gasteiger partial charge in [-0.05, 0) is 20.3 Å². The molecule has 2 atom stereocenters. The number of hydrogen-bond donors (Lipinski definition) is 2. The van der Waals surface area contributed by atoms with E-state index >= 15 is 0 Å². The molecule has 1 amide bonds. The Balaban J connectivity index is 0. The summed E-state index contributed by atoms with van der Waals surface area (Å²) in [7, 11) is 0. The van der Waals surface area contributed by atoms with Gasteiger partial charge in [0.05, 0.1) is 12.7 Å². The molecular formula is C12H25NO4. The van der Waals surface area contributed by atoms with Gasteiger partial charge in [0.15, 0.2) is 6.04 Å². The average molecular weight is 247 g/mol. The lowest BCUT2D eigenvalue weighted by atomic mass is 10.1. The molecule has 0 aliphatic rings. The van der Waals surface area contributed by atoms with Crippen LogP contribution in [0, 0.1) is 0 Å². The van der Waals surface area contributed by atoms with Crippen LogP contribution in [-0.4, -0.2) is 35.7 Å². The Morgan fingerprint density at radius 2 is 1.82 bits per heavy atom. The van der Waals surface area contributed by atoms with Crippen molar-refractivity contribution in [2.75, 3.05) is 6.61 Å². The van der Waals surface area contributed by atoms with Crippen molar-refractivity contribution < 1.29 is 19.4 Å². The highest BCUT2D eigenvalue weighted by molar-refractivity contribution is 5.84. The predicted octanol–water partition coefficient (Wildman–Crippen LogP) is 1.24. The molecule has 0 rings (SSSR count). The number of aliphatic hydroxyl groups is 1. The highest BCUT2D eigenvalue weighted by Crippen LogP contribution is 1.98. The van der Waals surface area contributed by atoms with Crippen molar-refractivity contribution in [2.45, 2.75) is 59.6 Å². The number of rotatable bonds is 6. The number of carbonyl (C=O) groups excluding carboxylic acids is 2. The maximum absolute atomic E-state index is 11.3. The van der Waals surface area contributed by atoms with Crippen LogP contribution in [0.2, 0.25) is 0 Å². The molecule has 0 aromatic heterocycles. The van der Waals surface area contributed by atoms with Gasteiger partial charge in [-0.2, -0.15) is 0 Å². The van der Waals surface area contributed by atoms with Crippen LogP contribution in [0.3, 0.4) is 0 Å². The van der Waals surface area contributed by atoms with E-state index in [4.69, 9.17) is 4.74 Å². The van der Waals surface area contributed by atoms with E-state index in [0.29, 0.717) is 12.8 Å². The van der Waals surface area contributed by atoms with E-state index in [2.05, 4.69) is 5.32 Å². The minimum absolute atomic E-state index is 0.228. The van der Waals surface area contributed by atoms with E-state index in [1.54, 1.807) is 6.92 Å². The first kappa shape index (κ1) is 18.3. The summed E-state index contributed by atoms with van der Waals surface area (Å²) < 4.78 is 4.73. The highest BCUT2D eigenvalue weighted by atomic mass is 16.5. The first-order chi connectivity index (χ1) is 8.02. The molecule has 0 spiro atoms. The van der Waals surface area contributed by atoms with Crippen molar-refractivity contribution in [2.24, 2.45) is 0 Å². The summed E-state index contributed by atoms with van der Waals surface area (Å²) in [6.07, 6.45) is 0.0777. The summed E-state index contributed by atoms with van der Waals surface area (Å²) in [5.41, 5.74) is 0. The summed E-state index contributed by atoms with van der Waals surface area (Å²) in [6.45, 7) is 9.20. The fraction of sp³-hybridized carbons (Fsp3) is 0.833. The molecule has 0 fully saturated rings. The van der Waals surface area contributed by atoms with Crippen LogP contribution >= 0.6 is 0 Å². The zero-order valence-electron chi connectivity index (χ0n) is 11.4. The smallest absolute Gasteiger partial charge is 0.331 e. The Hall–Kier alpha value is -1.10. The van der Waals surface area contributed by atoms with Crippen molar-refractivity contribution in [3.05, 3.63) is 0 Å². The van der Waals surface area contributed by atoms with Crippen LogP contribution in [0.25, 0.3) is 0 Å². The molecule has 0 aliphatic carbocycles. The summed E-state index contributed by atoms with van der Waals surface area (Å²) in [4.78, 5) is 22.6. The average Bonchev–Trinajstić information content (AvgIpc) is 2.29. The second kappa shape index (κ2) is 11.4. The lowest BCUT2D eigenvalue weighted by Gasteiger charge is -2.19. The number of nitrogens with one attached hydrogen (secondary N) is 1. The normalized spacial score (nSPS) is 12.8. The van der Waals surface area contributed by atoms with Gasteiger partial charge in [-0.15, -0.1) is 0 Å². The third-order valence-corrected chi connectivity index (χ3v) is 1.82. The summed E-state index contributed by atoms with van der Waals surface area (Å²) in [6, 6.07) is -0.969. The highest BCUT2D eigenvalue weighted by Gasteiger charge is 2.26. The molecule has 2 N–H and O–H groups in total. The molecule has 0 bridgehead atoms. The van der Waals surface area contributed by atoms with Gasteiger partial charge in [-0.25, -0.2) is 4.79 Å². The second-order valence-electron chi connectivity index (χ2n) is 3.29.